The van der Waals surface area contributed by atoms with E-state index in [0.717, 1.165) is 37.1 Å². The molecule has 0 saturated heterocycles. The first-order valence-corrected chi connectivity index (χ1v) is 10.0. The predicted octanol–water partition coefficient (Wildman–Crippen LogP) is 4.88. The molecule has 0 aromatic carbocycles. The molecule has 0 radical (unpaired) electrons. The highest BCUT2D eigenvalue weighted by molar-refractivity contribution is 5.93. The third-order valence-corrected chi connectivity index (χ3v) is 5.57. The second-order valence-corrected chi connectivity index (χ2v) is 7.71. The van der Waals surface area contributed by atoms with Gasteiger partial charge < -0.3 is 15.3 Å². The van der Waals surface area contributed by atoms with E-state index in [4.69, 9.17) is 0 Å². The number of hydrogen-bond donors (Lipinski definition) is 2. The Kier molecular flexibility index (Phi) is 5.01. The van der Waals surface area contributed by atoms with Gasteiger partial charge in [0, 0.05) is 36.3 Å². The SMILES string of the molecule is CCCCCN1C=CC2CC(Nc3ncc(C4CC4)cc3C(=O)O)=CC=C21. The molecule has 1 fully saturated rings. The highest BCUT2D eigenvalue weighted by Crippen LogP contribution is 2.41. The Morgan fingerprint density at radius 3 is 2.93 bits per heavy atom. The minimum atomic E-state index is -0.928. The van der Waals surface area contributed by atoms with E-state index in [1.807, 2.05) is 6.20 Å². The molecule has 1 aromatic rings. The molecule has 2 aliphatic carbocycles. The number of carbonyl (C=O) groups is 1. The second-order valence-electron chi connectivity index (χ2n) is 7.71. The molecule has 0 spiro atoms. The number of anilines is 1. The number of hydrogen-bond acceptors (Lipinski definition) is 4. The van der Waals surface area contributed by atoms with E-state index in [-0.39, 0.29) is 5.56 Å². The number of aromatic carboxylic acids is 1. The molecule has 5 heteroatoms. The van der Waals surface area contributed by atoms with Crippen LogP contribution in [0, 0.1) is 5.92 Å². The molecule has 3 aliphatic rings. The molecule has 0 bridgehead atoms. The van der Waals surface area contributed by atoms with E-state index < -0.39 is 5.97 Å². The van der Waals surface area contributed by atoms with Crippen LogP contribution in [0.15, 0.2) is 48.1 Å². The average Bonchev–Trinajstić information content (AvgIpc) is 3.44. The molecule has 1 unspecified atom stereocenters. The summed E-state index contributed by atoms with van der Waals surface area (Å²) in [4.78, 5) is 18.5. The molecule has 5 nitrogen and oxygen atoms in total. The number of allylic oxidation sites excluding steroid dienone is 4. The number of carboxylic acid groups (broad SMARTS) is 1. The van der Waals surface area contributed by atoms with Gasteiger partial charge in [-0.3, -0.25) is 0 Å². The Hall–Kier alpha value is -2.56. The average molecular weight is 365 g/mol. The highest BCUT2D eigenvalue weighted by atomic mass is 16.4. The predicted molar refractivity (Wildman–Crippen MR) is 106 cm³/mol. The third-order valence-electron chi connectivity index (χ3n) is 5.57. The van der Waals surface area contributed by atoms with E-state index in [2.05, 4.69) is 46.6 Å². The maximum absolute atomic E-state index is 11.7. The smallest absolute Gasteiger partial charge is 0.339 e. The summed E-state index contributed by atoms with van der Waals surface area (Å²) >= 11 is 0. The van der Waals surface area contributed by atoms with E-state index in [1.165, 1.54) is 25.0 Å². The van der Waals surface area contributed by atoms with Gasteiger partial charge in [0.05, 0.1) is 0 Å². The summed E-state index contributed by atoms with van der Waals surface area (Å²) in [6.07, 6.45) is 17.3. The first-order chi connectivity index (χ1) is 13.2. The van der Waals surface area contributed by atoms with Crippen molar-refractivity contribution in [1.82, 2.24) is 9.88 Å². The van der Waals surface area contributed by atoms with Crippen LogP contribution >= 0.6 is 0 Å². The van der Waals surface area contributed by atoms with E-state index >= 15 is 0 Å². The van der Waals surface area contributed by atoms with Gasteiger partial charge in [-0.15, -0.1) is 0 Å². The summed E-state index contributed by atoms with van der Waals surface area (Å²) in [7, 11) is 0. The summed E-state index contributed by atoms with van der Waals surface area (Å²) in [5, 5.41) is 12.8. The van der Waals surface area contributed by atoms with Crippen molar-refractivity contribution in [2.24, 2.45) is 5.92 Å². The van der Waals surface area contributed by atoms with Crippen LogP contribution in [0.2, 0.25) is 0 Å². The van der Waals surface area contributed by atoms with Gasteiger partial charge in [0.15, 0.2) is 0 Å². The van der Waals surface area contributed by atoms with Crippen molar-refractivity contribution < 1.29 is 9.90 Å². The molecule has 1 atom stereocenters. The van der Waals surface area contributed by atoms with Crippen molar-refractivity contribution in [3.8, 4) is 0 Å². The number of rotatable bonds is 8. The van der Waals surface area contributed by atoms with E-state index in [0.29, 0.717) is 17.7 Å². The molecule has 4 rings (SSSR count). The first-order valence-electron chi connectivity index (χ1n) is 10.0. The van der Waals surface area contributed by atoms with Crippen LogP contribution in [0.4, 0.5) is 5.82 Å². The van der Waals surface area contributed by atoms with Crippen LogP contribution in [0.1, 0.15) is 67.3 Å². The first kappa shape index (κ1) is 17.8. The maximum atomic E-state index is 11.7. The van der Waals surface area contributed by atoms with Crippen LogP contribution in [-0.2, 0) is 0 Å². The van der Waals surface area contributed by atoms with Gasteiger partial charge in [0.2, 0.25) is 0 Å². The molecule has 1 aliphatic heterocycles. The lowest BCUT2D eigenvalue weighted by molar-refractivity contribution is 0.0697. The highest BCUT2D eigenvalue weighted by Gasteiger charge is 2.28. The van der Waals surface area contributed by atoms with Crippen LogP contribution in [-0.4, -0.2) is 27.5 Å². The lowest BCUT2D eigenvalue weighted by Crippen LogP contribution is -2.21. The van der Waals surface area contributed by atoms with E-state index in [1.54, 1.807) is 6.07 Å². The van der Waals surface area contributed by atoms with Crippen molar-refractivity contribution in [2.45, 2.75) is 51.4 Å². The molecule has 1 aromatic heterocycles. The number of pyridine rings is 1. The van der Waals surface area contributed by atoms with Crippen molar-refractivity contribution in [1.29, 1.82) is 0 Å². The fourth-order valence-electron chi connectivity index (χ4n) is 3.85. The van der Waals surface area contributed by atoms with Crippen LogP contribution in [0.25, 0.3) is 0 Å². The van der Waals surface area contributed by atoms with Gasteiger partial charge >= 0.3 is 5.97 Å². The van der Waals surface area contributed by atoms with Crippen LogP contribution in [0.3, 0.4) is 0 Å². The zero-order valence-electron chi connectivity index (χ0n) is 15.8. The third kappa shape index (κ3) is 3.92. The van der Waals surface area contributed by atoms with Crippen molar-refractivity contribution >= 4 is 11.8 Å². The largest absolute Gasteiger partial charge is 0.478 e. The fourth-order valence-corrected chi connectivity index (χ4v) is 3.85. The Bertz CT molecular complexity index is 821. The summed E-state index contributed by atoms with van der Waals surface area (Å²) < 4.78 is 0. The molecule has 0 amide bonds. The van der Waals surface area contributed by atoms with Crippen molar-refractivity contribution in [2.75, 3.05) is 11.9 Å². The summed E-state index contributed by atoms with van der Waals surface area (Å²) in [5.41, 5.74) is 3.66. The molecule has 142 valence electrons. The standard InChI is InChI=1S/C22H27N3O2/c1-2-3-4-10-25-11-9-16-12-18(7-8-20(16)25)24-21-19(22(26)27)13-17(14-23-21)15-5-6-15/h7-9,11,13-16H,2-6,10,12H2,1H3,(H,23,24)(H,26,27). The van der Waals surface area contributed by atoms with Crippen LogP contribution < -0.4 is 5.32 Å². The lowest BCUT2D eigenvalue weighted by atomic mass is 9.95. The minimum Gasteiger partial charge on any atom is -0.478 e. The fraction of sp³-hybridized carbons (Fsp3) is 0.455. The lowest BCUT2D eigenvalue weighted by Gasteiger charge is -2.26. The van der Waals surface area contributed by atoms with Gasteiger partial charge in [-0.1, -0.05) is 25.8 Å². The summed E-state index contributed by atoms with van der Waals surface area (Å²) in [5.74, 6) is 0.365. The number of fused-ring (bicyclic) bond motifs is 1. The molecular weight excluding hydrogens is 338 g/mol. The van der Waals surface area contributed by atoms with Crippen molar-refractivity contribution in [3.63, 3.8) is 0 Å². The second kappa shape index (κ2) is 7.59. The topological polar surface area (TPSA) is 65.5 Å². The van der Waals surface area contributed by atoms with Crippen molar-refractivity contribution in [3.05, 3.63) is 59.2 Å². The Morgan fingerprint density at radius 1 is 1.33 bits per heavy atom. The molecule has 27 heavy (non-hydrogen) atoms. The Balaban J connectivity index is 1.48. The van der Waals surface area contributed by atoms with Gasteiger partial charge in [-0.2, -0.15) is 0 Å². The number of carboxylic acids is 1. The van der Waals surface area contributed by atoms with Crippen LogP contribution in [0.5, 0.6) is 0 Å². The maximum Gasteiger partial charge on any atom is 0.339 e. The number of nitrogens with zero attached hydrogens (tertiary/aromatic N) is 2. The quantitative estimate of drug-likeness (QED) is 0.643. The number of unbranched alkanes of at least 4 members (excludes halogenated alkanes) is 2. The van der Waals surface area contributed by atoms with Gasteiger partial charge in [-0.05, 0) is 55.4 Å². The van der Waals surface area contributed by atoms with Gasteiger partial charge in [0.25, 0.3) is 0 Å². The molecule has 2 heterocycles. The summed E-state index contributed by atoms with van der Waals surface area (Å²) in [6, 6.07) is 1.78. The Morgan fingerprint density at radius 2 is 2.19 bits per heavy atom. The normalized spacial score (nSPS) is 20.9. The zero-order chi connectivity index (χ0) is 18.8. The van der Waals surface area contributed by atoms with Gasteiger partial charge in [-0.25, -0.2) is 9.78 Å². The monoisotopic (exact) mass is 365 g/mol. The summed E-state index contributed by atoms with van der Waals surface area (Å²) in [6.45, 7) is 3.29. The minimum absolute atomic E-state index is 0.262. The number of aromatic nitrogens is 1. The molecular formula is C22H27N3O2. The molecule has 2 N–H and O–H groups in total. The van der Waals surface area contributed by atoms with E-state index in [9.17, 15) is 9.90 Å². The molecule has 1 saturated carbocycles. The number of nitrogens with one attached hydrogen (secondary N) is 1. The zero-order valence-corrected chi connectivity index (χ0v) is 15.8. The van der Waals surface area contributed by atoms with Gasteiger partial charge in [0.1, 0.15) is 11.4 Å². The Labute approximate surface area is 160 Å².